The van der Waals surface area contributed by atoms with Gasteiger partial charge in [-0.3, -0.25) is 9.13 Å². The number of alkyl halides is 2. The molecule has 0 radical (unpaired) electrons. The second kappa shape index (κ2) is 8.04. The molecule has 1 rings (SSSR count). The van der Waals surface area contributed by atoms with Crippen LogP contribution in [-0.2, 0) is 14.2 Å². The molecule has 0 bridgehead atoms. The Labute approximate surface area is 149 Å². The van der Waals surface area contributed by atoms with E-state index in [4.69, 9.17) is 23.2 Å². The van der Waals surface area contributed by atoms with E-state index in [1.807, 2.05) is 0 Å². The molecule has 0 aliphatic heterocycles. The minimum atomic E-state index is -5.61. The van der Waals surface area contributed by atoms with E-state index in [0.29, 0.717) is 24.3 Å². The third kappa shape index (κ3) is 4.33. The number of benzene rings is 1. The maximum Gasteiger partial charge on any atom is 0.374 e. The second-order valence-electron chi connectivity index (χ2n) is 5.09. The molecular formula is C12H19Cl2NO7P2. The summed E-state index contributed by atoms with van der Waals surface area (Å²) in [5.74, 6) is 0.476. The Hall–Kier alpha value is -0.140. The minimum Gasteiger partial charge on any atom is -0.369 e. The molecule has 24 heavy (non-hydrogen) atoms. The van der Waals surface area contributed by atoms with E-state index in [-0.39, 0.29) is 11.8 Å². The lowest BCUT2D eigenvalue weighted by atomic mass is 10.1. The van der Waals surface area contributed by atoms with Gasteiger partial charge in [0, 0.05) is 36.1 Å². The molecule has 0 saturated carbocycles. The van der Waals surface area contributed by atoms with Gasteiger partial charge in [-0.05, 0) is 18.6 Å². The summed E-state index contributed by atoms with van der Waals surface area (Å²) in [5.41, 5.74) is 0.487. The molecule has 0 spiro atoms. The first-order valence-electron chi connectivity index (χ1n) is 6.71. The zero-order valence-corrected chi connectivity index (χ0v) is 16.0. The van der Waals surface area contributed by atoms with Gasteiger partial charge in [-0.25, -0.2) is 0 Å². The average Bonchev–Trinajstić information content (AvgIpc) is 2.44. The highest BCUT2D eigenvalue weighted by atomic mass is 35.5. The largest absolute Gasteiger partial charge is 0.374 e. The summed E-state index contributed by atoms with van der Waals surface area (Å²) in [5, 5.41) is 6.59. The van der Waals surface area contributed by atoms with Crippen LogP contribution in [0.3, 0.4) is 0 Å². The van der Waals surface area contributed by atoms with Crippen molar-refractivity contribution in [1.29, 1.82) is 0 Å². The van der Waals surface area contributed by atoms with Gasteiger partial charge in [-0.1, -0.05) is 12.1 Å². The fraction of sp³-hybridized carbons (Fsp3) is 0.500. The van der Waals surface area contributed by atoms with Crippen LogP contribution < -0.4 is 4.90 Å². The molecule has 1 aromatic rings. The van der Waals surface area contributed by atoms with Crippen molar-refractivity contribution in [3.05, 3.63) is 29.3 Å². The molecule has 12 heteroatoms. The smallest absolute Gasteiger partial charge is 0.369 e. The SMILES string of the molecule is Cc1ccc(C(O)(P(=O)(O)O)P(=O)(O)O)cc1N(CCCl)CCCl. The van der Waals surface area contributed by atoms with Crippen LogP contribution in [0.15, 0.2) is 18.2 Å². The standard InChI is InChI=1S/C12H19Cl2NO7P2/c1-9-2-3-10(8-11(9)15(6-4-13)7-5-14)12(16,23(17,18)19)24(20,21)22/h2-3,8,16H,4-7H2,1H3,(H2,17,18,19)(H2,20,21,22). The Kier molecular flexibility index (Phi) is 7.34. The van der Waals surface area contributed by atoms with Gasteiger partial charge in [0.15, 0.2) is 0 Å². The maximum absolute atomic E-state index is 11.6. The van der Waals surface area contributed by atoms with E-state index in [2.05, 4.69) is 0 Å². The molecule has 1 aromatic carbocycles. The first-order valence-corrected chi connectivity index (χ1v) is 11.0. The van der Waals surface area contributed by atoms with Crippen molar-refractivity contribution in [1.82, 2.24) is 0 Å². The zero-order valence-electron chi connectivity index (χ0n) is 12.7. The van der Waals surface area contributed by atoms with Crippen LogP contribution in [0.5, 0.6) is 0 Å². The van der Waals surface area contributed by atoms with Gasteiger partial charge in [-0.15, -0.1) is 23.2 Å². The van der Waals surface area contributed by atoms with Crippen molar-refractivity contribution in [2.45, 2.75) is 12.0 Å². The summed E-state index contributed by atoms with van der Waals surface area (Å²) in [7, 11) is -11.2. The molecule has 0 amide bonds. The van der Waals surface area contributed by atoms with Gasteiger partial charge in [0.2, 0.25) is 0 Å². The number of aryl methyl sites for hydroxylation is 1. The lowest BCUT2D eigenvalue weighted by Crippen LogP contribution is -2.30. The highest BCUT2D eigenvalue weighted by Crippen LogP contribution is 2.72. The van der Waals surface area contributed by atoms with Gasteiger partial charge in [0.25, 0.3) is 5.08 Å². The lowest BCUT2D eigenvalue weighted by Gasteiger charge is -2.32. The van der Waals surface area contributed by atoms with Gasteiger partial charge in [0.1, 0.15) is 0 Å². The molecule has 0 heterocycles. The predicted molar refractivity (Wildman–Crippen MR) is 92.8 cm³/mol. The van der Waals surface area contributed by atoms with E-state index >= 15 is 0 Å². The number of nitrogens with zero attached hydrogens (tertiary/aromatic N) is 1. The van der Waals surface area contributed by atoms with Crippen molar-refractivity contribution in [2.75, 3.05) is 29.7 Å². The number of hydrogen-bond donors (Lipinski definition) is 5. The summed E-state index contributed by atoms with van der Waals surface area (Å²) in [6.07, 6.45) is 0. The zero-order chi connectivity index (χ0) is 18.8. The second-order valence-corrected chi connectivity index (χ2v) is 9.67. The Balaban J connectivity index is 3.58. The van der Waals surface area contributed by atoms with E-state index in [9.17, 15) is 33.8 Å². The van der Waals surface area contributed by atoms with Crippen molar-refractivity contribution in [3.8, 4) is 0 Å². The Morgan fingerprint density at radius 2 is 1.50 bits per heavy atom. The normalized spacial score (nSPS) is 13.2. The highest BCUT2D eigenvalue weighted by Gasteiger charge is 2.60. The Bertz CT molecular complexity index is 647. The minimum absolute atomic E-state index is 0.238. The monoisotopic (exact) mass is 421 g/mol. The molecule has 138 valence electrons. The van der Waals surface area contributed by atoms with Crippen LogP contribution >= 0.6 is 38.4 Å². The quantitative estimate of drug-likeness (QED) is 0.316. The number of anilines is 1. The first-order chi connectivity index (χ1) is 10.9. The number of halogens is 2. The molecule has 0 unspecified atom stereocenters. The topological polar surface area (TPSA) is 139 Å². The summed E-state index contributed by atoms with van der Waals surface area (Å²) < 4.78 is 23.2. The van der Waals surface area contributed by atoms with Crippen molar-refractivity contribution in [2.24, 2.45) is 0 Å². The van der Waals surface area contributed by atoms with Crippen LogP contribution in [0, 0.1) is 6.92 Å². The molecule has 0 aliphatic carbocycles. The van der Waals surface area contributed by atoms with E-state index in [1.165, 1.54) is 6.07 Å². The van der Waals surface area contributed by atoms with Crippen molar-refractivity contribution < 1.29 is 33.8 Å². The van der Waals surface area contributed by atoms with Gasteiger partial charge in [0.05, 0.1) is 0 Å². The summed E-state index contributed by atoms with van der Waals surface area (Å²) in [4.78, 5) is 39.1. The van der Waals surface area contributed by atoms with Gasteiger partial charge in [-0.2, -0.15) is 0 Å². The van der Waals surface area contributed by atoms with E-state index < -0.39 is 25.8 Å². The molecule has 5 N–H and O–H groups in total. The summed E-state index contributed by atoms with van der Waals surface area (Å²) in [6, 6.07) is 3.60. The number of aliphatic hydroxyl groups is 1. The third-order valence-electron chi connectivity index (χ3n) is 3.46. The van der Waals surface area contributed by atoms with Crippen molar-refractivity contribution >= 4 is 44.1 Å². The van der Waals surface area contributed by atoms with Gasteiger partial charge < -0.3 is 29.6 Å². The molecule has 8 nitrogen and oxygen atoms in total. The first kappa shape index (κ1) is 21.9. The van der Waals surface area contributed by atoms with Gasteiger partial charge >= 0.3 is 15.2 Å². The number of rotatable bonds is 8. The summed E-state index contributed by atoms with van der Waals surface area (Å²) >= 11 is 11.5. The Morgan fingerprint density at radius 3 is 1.88 bits per heavy atom. The Morgan fingerprint density at radius 1 is 1.04 bits per heavy atom. The lowest BCUT2D eigenvalue weighted by molar-refractivity contribution is 0.131. The van der Waals surface area contributed by atoms with Crippen LogP contribution in [-0.4, -0.2) is 49.5 Å². The molecule has 0 aliphatic rings. The molecular weight excluding hydrogens is 403 g/mol. The van der Waals surface area contributed by atoms with Crippen LogP contribution in [0.1, 0.15) is 11.1 Å². The number of hydrogen-bond acceptors (Lipinski definition) is 4. The van der Waals surface area contributed by atoms with E-state index in [0.717, 1.165) is 12.1 Å². The van der Waals surface area contributed by atoms with Crippen LogP contribution in [0.2, 0.25) is 0 Å². The average molecular weight is 422 g/mol. The molecule has 0 fully saturated rings. The molecule has 0 aromatic heterocycles. The molecule has 0 atom stereocenters. The molecule has 0 saturated heterocycles. The van der Waals surface area contributed by atoms with Crippen LogP contribution in [0.25, 0.3) is 0 Å². The fourth-order valence-corrected chi connectivity index (χ4v) is 4.94. The maximum atomic E-state index is 11.6. The van der Waals surface area contributed by atoms with Crippen molar-refractivity contribution in [3.63, 3.8) is 0 Å². The third-order valence-corrected chi connectivity index (χ3v) is 7.50. The van der Waals surface area contributed by atoms with E-state index in [1.54, 1.807) is 11.8 Å². The highest BCUT2D eigenvalue weighted by molar-refractivity contribution is 7.71. The predicted octanol–water partition coefficient (Wildman–Crippen LogP) is 1.74. The summed E-state index contributed by atoms with van der Waals surface area (Å²) in [6.45, 7) is 2.40. The fourth-order valence-electron chi connectivity index (χ4n) is 2.22. The van der Waals surface area contributed by atoms with Crippen LogP contribution in [0.4, 0.5) is 5.69 Å².